The highest BCUT2D eigenvalue weighted by molar-refractivity contribution is 6.44. The monoisotopic (exact) mass is 188 g/mol. The fourth-order valence-corrected chi connectivity index (χ4v) is 1.90. The average molecular weight is 188 g/mol. The van der Waals surface area contributed by atoms with Gasteiger partial charge in [-0.2, -0.15) is 0 Å². The fraction of sp³-hybridized carbons (Fsp3) is 0.500. The van der Waals surface area contributed by atoms with Crippen molar-refractivity contribution in [2.45, 2.75) is 27.7 Å². The zero-order chi connectivity index (χ0) is 10.3. The minimum absolute atomic E-state index is 0.380. The summed E-state index contributed by atoms with van der Waals surface area (Å²) in [5.74, 6) is 0.888. The van der Waals surface area contributed by atoms with Crippen LogP contribution in [0.4, 0.5) is 0 Å². The van der Waals surface area contributed by atoms with E-state index in [-0.39, 0.29) is 0 Å². The molecule has 0 aliphatic carbocycles. The van der Waals surface area contributed by atoms with Crippen molar-refractivity contribution in [3.63, 3.8) is 0 Å². The first kappa shape index (κ1) is 9.38. The van der Waals surface area contributed by atoms with E-state index in [4.69, 9.17) is 0 Å². The highest BCUT2D eigenvalue weighted by Crippen LogP contribution is 2.28. The lowest BCUT2D eigenvalue weighted by molar-refractivity contribution is 0.759. The summed E-state index contributed by atoms with van der Waals surface area (Å²) in [6, 6.07) is 0. The molecule has 0 aromatic heterocycles. The Labute approximate surface area is 85.2 Å². The molecule has 0 saturated carbocycles. The summed E-state index contributed by atoms with van der Waals surface area (Å²) in [6.45, 7) is 8.44. The molecule has 2 aliphatic heterocycles. The second kappa shape index (κ2) is 3.19. The number of nitrogens with zero attached hydrogens (tertiary/aromatic N) is 2. The van der Waals surface area contributed by atoms with E-state index in [0.29, 0.717) is 11.8 Å². The molecule has 0 radical (unpaired) electrons. The molecule has 0 spiro atoms. The molecule has 1 atom stereocenters. The van der Waals surface area contributed by atoms with Crippen LogP contribution in [0.3, 0.4) is 0 Å². The van der Waals surface area contributed by atoms with E-state index in [9.17, 15) is 0 Å². The zero-order valence-corrected chi connectivity index (χ0v) is 9.20. The van der Waals surface area contributed by atoms with E-state index in [1.54, 1.807) is 0 Å². The largest absolute Gasteiger partial charge is 0.257 e. The van der Waals surface area contributed by atoms with Gasteiger partial charge in [0.05, 0.1) is 11.4 Å². The smallest absolute Gasteiger partial charge is 0.0726 e. The molecular formula is C12H16N2. The quantitative estimate of drug-likeness (QED) is 0.604. The van der Waals surface area contributed by atoms with Crippen molar-refractivity contribution < 1.29 is 0 Å². The summed E-state index contributed by atoms with van der Waals surface area (Å²) in [6.07, 6.45) is 4.43. The van der Waals surface area contributed by atoms with Crippen LogP contribution in [0.2, 0.25) is 0 Å². The van der Waals surface area contributed by atoms with E-state index >= 15 is 0 Å². The number of hydrogen-bond donors (Lipinski definition) is 0. The Morgan fingerprint density at radius 2 is 1.86 bits per heavy atom. The Hall–Kier alpha value is -1.18. The molecule has 74 valence electrons. The average Bonchev–Trinajstić information content (AvgIpc) is 2.47. The van der Waals surface area contributed by atoms with Crippen LogP contribution in [-0.2, 0) is 0 Å². The van der Waals surface area contributed by atoms with Gasteiger partial charge in [-0.1, -0.05) is 19.9 Å². The summed E-state index contributed by atoms with van der Waals surface area (Å²) in [5, 5.41) is 0. The van der Waals surface area contributed by atoms with Crippen molar-refractivity contribution in [3.05, 3.63) is 23.5 Å². The first-order valence-corrected chi connectivity index (χ1v) is 5.12. The van der Waals surface area contributed by atoms with Crippen molar-refractivity contribution in [2.75, 3.05) is 0 Å². The standard InChI is InChI=1S/C12H16N2/c1-7(2)11-6-10-5-8(3)13-9(4)12(10)14-11/h5-7,10H,1-4H3. The van der Waals surface area contributed by atoms with Gasteiger partial charge in [0.1, 0.15) is 0 Å². The predicted molar refractivity (Wildman–Crippen MR) is 60.7 cm³/mol. The van der Waals surface area contributed by atoms with E-state index in [1.807, 2.05) is 13.8 Å². The van der Waals surface area contributed by atoms with Crippen molar-refractivity contribution in [3.8, 4) is 0 Å². The van der Waals surface area contributed by atoms with Gasteiger partial charge in [-0.25, -0.2) is 0 Å². The van der Waals surface area contributed by atoms with Gasteiger partial charge < -0.3 is 0 Å². The molecule has 0 fully saturated rings. The Bertz CT molecular complexity index is 381. The van der Waals surface area contributed by atoms with Gasteiger partial charge in [0.15, 0.2) is 0 Å². The van der Waals surface area contributed by atoms with Crippen molar-refractivity contribution in [1.29, 1.82) is 0 Å². The molecule has 0 bridgehead atoms. The van der Waals surface area contributed by atoms with Gasteiger partial charge in [0, 0.05) is 17.3 Å². The number of hydrogen-bond acceptors (Lipinski definition) is 2. The third-order valence-electron chi connectivity index (χ3n) is 2.64. The maximum Gasteiger partial charge on any atom is 0.0726 e. The first-order valence-electron chi connectivity index (χ1n) is 5.12. The van der Waals surface area contributed by atoms with Crippen molar-refractivity contribution >= 4 is 11.4 Å². The summed E-state index contributed by atoms with van der Waals surface area (Å²) < 4.78 is 0. The van der Waals surface area contributed by atoms with E-state index in [1.165, 1.54) is 5.70 Å². The SMILES string of the molecule is CC1=CC2C=C(C(C)C)N=C2C(C)=N1. The summed E-state index contributed by atoms with van der Waals surface area (Å²) in [5.41, 5.74) is 4.51. The van der Waals surface area contributed by atoms with Gasteiger partial charge in [-0.05, 0) is 25.8 Å². The number of fused-ring (bicyclic) bond motifs is 1. The molecule has 2 nitrogen and oxygen atoms in total. The molecule has 2 heteroatoms. The summed E-state index contributed by atoms with van der Waals surface area (Å²) >= 11 is 0. The summed E-state index contributed by atoms with van der Waals surface area (Å²) in [4.78, 5) is 9.06. The molecule has 2 heterocycles. The molecule has 2 rings (SSSR count). The predicted octanol–water partition coefficient (Wildman–Crippen LogP) is 2.98. The molecule has 0 amide bonds. The maximum atomic E-state index is 4.63. The van der Waals surface area contributed by atoms with E-state index in [2.05, 4.69) is 36.0 Å². The highest BCUT2D eigenvalue weighted by Gasteiger charge is 2.25. The Balaban J connectivity index is 2.38. The lowest BCUT2D eigenvalue weighted by Gasteiger charge is -2.13. The molecule has 0 N–H and O–H groups in total. The zero-order valence-electron chi connectivity index (χ0n) is 9.20. The lowest BCUT2D eigenvalue weighted by atomic mass is 9.96. The minimum Gasteiger partial charge on any atom is -0.257 e. The molecule has 2 aliphatic rings. The Morgan fingerprint density at radius 1 is 1.14 bits per heavy atom. The van der Waals surface area contributed by atoms with Gasteiger partial charge in [-0.15, -0.1) is 0 Å². The van der Waals surface area contributed by atoms with Crippen LogP contribution in [0.5, 0.6) is 0 Å². The van der Waals surface area contributed by atoms with Crippen molar-refractivity contribution in [1.82, 2.24) is 0 Å². The minimum atomic E-state index is 0.380. The van der Waals surface area contributed by atoms with Gasteiger partial charge in [-0.3, -0.25) is 9.98 Å². The molecule has 14 heavy (non-hydrogen) atoms. The van der Waals surface area contributed by atoms with Crippen LogP contribution in [0, 0.1) is 11.8 Å². The summed E-state index contributed by atoms with van der Waals surface area (Å²) in [7, 11) is 0. The third-order valence-corrected chi connectivity index (χ3v) is 2.64. The molecule has 0 saturated heterocycles. The Kier molecular flexibility index (Phi) is 2.14. The van der Waals surface area contributed by atoms with E-state index < -0.39 is 0 Å². The van der Waals surface area contributed by atoms with Crippen molar-refractivity contribution in [2.24, 2.45) is 21.8 Å². The lowest BCUT2D eigenvalue weighted by Crippen LogP contribution is -2.19. The molecule has 0 aromatic carbocycles. The molecule has 0 aromatic rings. The number of rotatable bonds is 1. The highest BCUT2D eigenvalue weighted by atomic mass is 14.9. The molecular weight excluding hydrogens is 172 g/mol. The second-order valence-corrected chi connectivity index (χ2v) is 4.27. The third kappa shape index (κ3) is 1.45. The van der Waals surface area contributed by atoms with Crippen LogP contribution >= 0.6 is 0 Å². The van der Waals surface area contributed by atoms with Crippen LogP contribution in [0.1, 0.15) is 27.7 Å². The van der Waals surface area contributed by atoms with Gasteiger partial charge in [0.2, 0.25) is 0 Å². The van der Waals surface area contributed by atoms with Crippen LogP contribution in [0.25, 0.3) is 0 Å². The van der Waals surface area contributed by atoms with Crippen LogP contribution in [0.15, 0.2) is 33.5 Å². The van der Waals surface area contributed by atoms with E-state index in [0.717, 1.165) is 17.1 Å². The number of aliphatic imine (C=N–C) groups is 2. The van der Waals surface area contributed by atoms with Gasteiger partial charge in [0.25, 0.3) is 0 Å². The van der Waals surface area contributed by atoms with Crippen LogP contribution < -0.4 is 0 Å². The fourth-order valence-electron chi connectivity index (χ4n) is 1.90. The second-order valence-electron chi connectivity index (χ2n) is 4.27. The Morgan fingerprint density at radius 3 is 2.50 bits per heavy atom. The van der Waals surface area contributed by atoms with Crippen LogP contribution in [-0.4, -0.2) is 11.4 Å². The molecule has 1 unspecified atom stereocenters. The maximum absolute atomic E-state index is 4.63. The normalized spacial score (nSPS) is 25.4. The topological polar surface area (TPSA) is 24.7 Å². The number of allylic oxidation sites excluding steroid dienone is 4. The first-order chi connectivity index (χ1) is 6.58. The van der Waals surface area contributed by atoms with Gasteiger partial charge >= 0.3 is 0 Å².